The lowest BCUT2D eigenvalue weighted by atomic mass is 10.0. The Bertz CT molecular complexity index is 1440. The van der Waals surface area contributed by atoms with Crippen LogP contribution < -0.4 is 9.80 Å². The predicted molar refractivity (Wildman–Crippen MR) is 156 cm³/mol. The van der Waals surface area contributed by atoms with Crippen LogP contribution in [0.25, 0.3) is 0 Å². The van der Waals surface area contributed by atoms with Gasteiger partial charge in [0.25, 0.3) is 5.91 Å². The van der Waals surface area contributed by atoms with Crippen LogP contribution in [0.2, 0.25) is 0 Å². The molecule has 0 bridgehead atoms. The molecule has 198 valence electrons. The van der Waals surface area contributed by atoms with E-state index in [2.05, 4.69) is 45.3 Å². The Balaban J connectivity index is 1.23. The lowest BCUT2D eigenvalue weighted by Crippen LogP contribution is -2.49. The summed E-state index contributed by atoms with van der Waals surface area (Å²) in [4.78, 5) is 21.1. The van der Waals surface area contributed by atoms with Crippen LogP contribution in [0.15, 0.2) is 65.6 Å². The Morgan fingerprint density at radius 3 is 1.77 bits per heavy atom. The highest BCUT2D eigenvalue weighted by molar-refractivity contribution is 7.97. The summed E-state index contributed by atoms with van der Waals surface area (Å²) >= 11 is 1.72. The van der Waals surface area contributed by atoms with Gasteiger partial charge in [0.15, 0.2) is 0 Å². The molecule has 8 heteroatoms. The largest absolute Gasteiger partial charge is 0.368 e. The summed E-state index contributed by atoms with van der Waals surface area (Å²) < 4.78 is 2.35. The van der Waals surface area contributed by atoms with E-state index in [1.54, 1.807) is 11.9 Å². The van der Waals surface area contributed by atoms with Gasteiger partial charge in [-0.3, -0.25) is 4.79 Å². The van der Waals surface area contributed by atoms with E-state index in [1.165, 1.54) is 5.56 Å². The fraction of sp³-hybridized carbons (Fsp3) is 0.323. The second kappa shape index (κ2) is 11.8. The van der Waals surface area contributed by atoms with Crippen molar-refractivity contribution in [2.75, 3.05) is 62.2 Å². The molecule has 2 fully saturated rings. The predicted octanol–water partition coefficient (Wildman–Crippen LogP) is 4.84. The molecule has 3 aromatic carbocycles. The fourth-order valence-corrected chi connectivity index (χ4v) is 6.33. The van der Waals surface area contributed by atoms with Crippen LogP contribution >= 0.6 is 11.9 Å². The van der Waals surface area contributed by atoms with E-state index in [0.717, 1.165) is 53.6 Å². The van der Waals surface area contributed by atoms with Gasteiger partial charge in [0.05, 0.1) is 22.5 Å². The number of hydrogen-bond acceptors (Lipinski definition) is 7. The maximum absolute atomic E-state index is 13.6. The van der Waals surface area contributed by atoms with Gasteiger partial charge in [-0.1, -0.05) is 30.3 Å². The van der Waals surface area contributed by atoms with Gasteiger partial charge in [0.1, 0.15) is 12.1 Å². The van der Waals surface area contributed by atoms with E-state index < -0.39 is 0 Å². The van der Waals surface area contributed by atoms with Crippen LogP contribution in [0, 0.1) is 36.5 Å². The molecule has 3 aromatic rings. The number of rotatable bonds is 5. The Labute approximate surface area is 235 Å². The van der Waals surface area contributed by atoms with Crippen molar-refractivity contribution >= 4 is 29.2 Å². The van der Waals surface area contributed by atoms with E-state index in [9.17, 15) is 15.3 Å². The molecule has 0 aromatic heterocycles. The number of nitriles is 2. The van der Waals surface area contributed by atoms with Crippen molar-refractivity contribution < 1.29 is 4.79 Å². The van der Waals surface area contributed by atoms with Gasteiger partial charge in [-0.25, -0.2) is 4.31 Å². The van der Waals surface area contributed by atoms with Crippen LogP contribution in [-0.4, -0.2) is 67.5 Å². The second-order valence-electron chi connectivity index (χ2n) is 9.98. The molecule has 0 radical (unpaired) electrons. The number of carbonyl (C=O) groups excluding carboxylic acids is 1. The van der Waals surface area contributed by atoms with Crippen LogP contribution in [-0.2, 0) is 0 Å². The summed E-state index contributed by atoms with van der Waals surface area (Å²) in [6.07, 6.45) is 0. The zero-order chi connectivity index (χ0) is 27.4. The van der Waals surface area contributed by atoms with E-state index in [1.807, 2.05) is 60.4 Å². The number of benzene rings is 3. The molecule has 1 amide bonds. The minimum atomic E-state index is 0.0699. The van der Waals surface area contributed by atoms with Crippen molar-refractivity contribution in [3.63, 3.8) is 0 Å². The summed E-state index contributed by atoms with van der Waals surface area (Å²) in [5, 5.41) is 18.9. The van der Waals surface area contributed by atoms with Gasteiger partial charge in [-0.15, -0.1) is 0 Å². The number of para-hydroxylation sites is 2. The zero-order valence-electron chi connectivity index (χ0n) is 22.4. The van der Waals surface area contributed by atoms with Crippen molar-refractivity contribution in [2.45, 2.75) is 18.7 Å². The average molecular weight is 537 g/mol. The van der Waals surface area contributed by atoms with Crippen LogP contribution in [0.5, 0.6) is 0 Å². The van der Waals surface area contributed by atoms with E-state index in [4.69, 9.17) is 0 Å². The summed E-state index contributed by atoms with van der Waals surface area (Å²) in [6.45, 7) is 10.2. The first-order valence-electron chi connectivity index (χ1n) is 13.3. The monoisotopic (exact) mass is 536 g/mol. The summed E-state index contributed by atoms with van der Waals surface area (Å²) in [5.74, 6) is 0.0699. The van der Waals surface area contributed by atoms with Crippen molar-refractivity contribution in [2.24, 2.45) is 0 Å². The number of nitrogens with zero attached hydrogens (tertiary/aromatic N) is 6. The molecule has 7 nitrogen and oxygen atoms in total. The highest BCUT2D eigenvalue weighted by Gasteiger charge is 2.26. The molecular formula is C31H32N6OS. The molecule has 2 heterocycles. The second-order valence-corrected chi connectivity index (χ2v) is 11.1. The summed E-state index contributed by atoms with van der Waals surface area (Å²) in [7, 11) is 0. The number of piperazine rings is 2. The van der Waals surface area contributed by atoms with Crippen molar-refractivity contribution in [1.82, 2.24) is 9.21 Å². The minimum absolute atomic E-state index is 0.0699. The van der Waals surface area contributed by atoms with E-state index in [0.29, 0.717) is 37.3 Å². The van der Waals surface area contributed by atoms with Crippen LogP contribution in [0.1, 0.15) is 32.6 Å². The summed E-state index contributed by atoms with van der Waals surface area (Å²) in [6, 6.07) is 24.2. The molecule has 0 N–H and O–H groups in total. The molecule has 2 saturated heterocycles. The molecule has 0 unspecified atom stereocenters. The average Bonchev–Trinajstić information content (AvgIpc) is 2.98. The molecule has 2 aliphatic heterocycles. The van der Waals surface area contributed by atoms with Gasteiger partial charge in [-0.05, 0) is 67.3 Å². The highest BCUT2D eigenvalue weighted by Crippen LogP contribution is 2.32. The van der Waals surface area contributed by atoms with Crippen molar-refractivity contribution in [1.29, 1.82) is 10.5 Å². The van der Waals surface area contributed by atoms with Crippen LogP contribution in [0.3, 0.4) is 0 Å². The Kier molecular flexibility index (Phi) is 8.07. The molecule has 0 atom stereocenters. The van der Waals surface area contributed by atoms with Gasteiger partial charge in [-0.2, -0.15) is 10.5 Å². The summed E-state index contributed by atoms with van der Waals surface area (Å²) in [5.41, 5.74) is 6.25. The molecule has 39 heavy (non-hydrogen) atoms. The standard InChI is InChI=1S/C31H32N6OS/c1-23-19-24(2)30(39-37-17-15-35(16-18-37)29-10-6-4-8-26(29)22-33)20-27(23)31(38)36-13-11-34(12-14-36)28-9-5-3-7-25(28)21-32/h3-10,19-20H,11-18H2,1-2H3. The normalized spacial score (nSPS) is 16.1. The number of carbonyl (C=O) groups is 1. The molecule has 2 aliphatic rings. The number of aryl methyl sites for hydroxylation is 2. The van der Waals surface area contributed by atoms with Crippen molar-refractivity contribution in [3.8, 4) is 12.1 Å². The molecule has 5 rings (SSSR count). The maximum Gasteiger partial charge on any atom is 0.254 e. The Hall–Kier alpha value is -3.98. The van der Waals surface area contributed by atoms with Gasteiger partial charge < -0.3 is 14.7 Å². The lowest BCUT2D eigenvalue weighted by molar-refractivity contribution is 0.0745. The molecule has 0 aliphatic carbocycles. The SMILES string of the molecule is Cc1cc(C)c(C(=O)N2CCN(c3ccccc3C#N)CC2)cc1SN1CCN(c2ccccc2C#N)CC1. The number of hydrogen-bond donors (Lipinski definition) is 0. The van der Waals surface area contributed by atoms with Gasteiger partial charge in [0, 0.05) is 62.8 Å². The number of anilines is 2. The molecular weight excluding hydrogens is 504 g/mol. The first-order valence-corrected chi connectivity index (χ1v) is 14.1. The van der Waals surface area contributed by atoms with E-state index >= 15 is 0 Å². The zero-order valence-corrected chi connectivity index (χ0v) is 23.2. The third-order valence-corrected chi connectivity index (χ3v) is 8.78. The van der Waals surface area contributed by atoms with E-state index in [-0.39, 0.29) is 5.91 Å². The Morgan fingerprint density at radius 1 is 0.718 bits per heavy atom. The quantitative estimate of drug-likeness (QED) is 0.432. The topological polar surface area (TPSA) is 77.6 Å². The molecule has 0 spiro atoms. The Morgan fingerprint density at radius 2 is 1.23 bits per heavy atom. The van der Waals surface area contributed by atoms with Crippen LogP contribution in [0.4, 0.5) is 11.4 Å². The smallest absolute Gasteiger partial charge is 0.254 e. The minimum Gasteiger partial charge on any atom is -0.368 e. The lowest BCUT2D eigenvalue weighted by Gasteiger charge is -2.37. The first-order chi connectivity index (χ1) is 19.0. The number of amides is 1. The third-order valence-electron chi connectivity index (χ3n) is 7.52. The molecule has 0 saturated carbocycles. The van der Waals surface area contributed by atoms with Gasteiger partial charge >= 0.3 is 0 Å². The highest BCUT2D eigenvalue weighted by atomic mass is 32.2. The maximum atomic E-state index is 13.6. The third kappa shape index (κ3) is 5.73. The van der Waals surface area contributed by atoms with Crippen molar-refractivity contribution in [3.05, 3.63) is 88.5 Å². The fourth-order valence-electron chi connectivity index (χ4n) is 5.33. The van der Waals surface area contributed by atoms with Gasteiger partial charge in [0.2, 0.25) is 0 Å². The first kappa shape index (κ1) is 26.6.